The van der Waals surface area contributed by atoms with Gasteiger partial charge in [0.15, 0.2) is 0 Å². The molecule has 1 aromatic heterocycles. The Labute approximate surface area is 109 Å². The first-order valence-electron chi connectivity index (χ1n) is 6.57. The van der Waals surface area contributed by atoms with Gasteiger partial charge in [-0.15, -0.1) is 11.3 Å². The van der Waals surface area contributed by atoms with Crippen LogP contribution < -0.4 is 5.32 Å². The number of hydrogen-bond acceptors (Lipinski definition) is 3. The van der Waals surface area contributed by atoms with Crippen LogP contribution in [0.3, 0.4) is 0 Å². The number of nitrogens with one attached hydrogen (secondary N) is 1. The van der Waals surface area contributed by atoms with Crippen molar-refractivity contribution in [2.75, 3.05) is 13.1 Å². The molecule has 96 valence electrons. The van der Waals surface area contributed by atoms with Crippen LogP contribution in [-0.4, -0.2) is 29.6 Å². The van der Waals surface area contributed by atoms with Crippen LogP contribution >= 0.6 is 11.3 Å². The van der Waals surface area contributed by atoms with Crippen LogP contribution in [0.2, 0.25) is 0 Å². The molecule has 0 aromatic carbocycles. The summed E-state index contributed by atoms with van der Waals surface area (Å²) < 4.78 is 0. The van der Waals surface area contributed by atoms with Crippen LogP contribution in [-0.2, 0) is 0 Å². The maximum absolute atomic E-state index is 3.65. The Hall–Kier alpha value is -0.380. The quantitative estimate of drug-likeness (QED) is 0.888. The van der Waals surface area contributed by atoms with E-state index in [0.717, 1.165) is 13.1 Å². The first-order valence-corrected chi connectivity index (χ1v) is 7.45. The van der Waals surface area contributed by atoms with Crippen molar-refractivity contribution >= 4 is 11.3 Å². The van der Waals surface area contributed by atoms with Crippen molar-refractivity contribution in [3.63, 3.8) is 0 Å². The summed E-state index contributed by atoms with van der Waals surface area (Å²) in [6, 6.07) is 5.63. The summed E-state index contributed by atoms with van der Waals surface area (Å²) in [7, 11) is 0. The summed E-state index contributed by atoms with van der Waals surface area (Å²) in [5.41, 5.74) is 0.233. The molecular weight excluding hydrogens is 228 g/mol. The maximum Gasteiger partial charge on any atom is 0.0417 e. The van der Waals surface area contributed by atoms with Crippen molar-refractivity contribution in [1.29, 1.82) is 0 Å². The second kappa shape index (κ2) is 5.09. The van der Waals surface area contributed by atoms with E-state index in [9.17, 15) is 0 Å². The molecule has 2 atom stereocenters. The Morgan fingerprint density at radius 3 is 2.94 bits per heavy atom. The molecule has 2 heterocycles. The number of nitrogens with zero attached hydrogens (tertiary/aromatic N) is 1. The van der Waals surface area contributed by atoms with Crippen molar-refractivity contribution < 1.29 is 0 Å². The summed E-state index contributed by atoms with van der Waals surface area (Å²) in [6.45, 7) is 11.5. The molecule has 3 heteroatoms. The molecule has 1 fully saturated rings. The highest BCUT2D eigenvalue weighted by Crippen LogP contribution is 2.30. The van der Waals surface area contributed by atoms with E-state index < -0.39 is 0 Å². The lowest BCUT2D eigenvalue weighted by molar-refractivity contribution is 0.0593. The largest absolute Gasteiger partial charge is 0.309 e. The van der Waals surface area contributed by atoms with Crippen molar-refractivity contribution in [2.24, 2.45) is 0 Å². The van der Waals surface area contributed by atoms with E-state index in [1.54, 1.807) is 0 Å². The van der Waals surface area contributed by atoms with E-state index in [1.807, 2.05) is 11.3 Å². The first-order chi connectivity index (χ1) is 8.03. The lowest BCUT2D eigenvalue weighted by Crippen LogP contribution is -2.61. The van der Waals surface area contributed by atoms with Gasteiger partial charge in [-0.1, -0.05) is 13.0 Å². The monoisotopic (exact) mass is 252 g/mol. The van der Waals surface area contributed by atoms with E-state index in [2.05, 4.69) is 55.4 Å². The van der Waals surface area contributed by atoms with Crippen molar-refractivity contribution in [3.8, 4) is 0 Å². The van der Waals surface area contributed by atoms with Gasteiger partial charge in [-0.3, -0.25) is 4.90 Å². The average Bonchev–Trinajstić information content (AvgIpc) is 2.80. The van der Waals surface area contributed by atoms with Crippen molar-refractivity contribution in [1.82, 2.24) is 10.2 Å². The Kier molecular flexibility index (Phi) is 3.91. The molecule has 17 heavy (non-hydrogen) atoms. The molecule has 0 amide bonds. The predicted molar refractivity (Wildman–Crippen MR) is 75.6 cm³/mol. The topological polar surface area (TPSA) is 15.3 Å². The lowest BCUT2D eigenvalue weighted by atomic mass is 9.95. The van der Waals surface area contributed by atoms with Gasteiger partial charge in [0.2, 0.25) is 0 Å². The second-order valence-corrected chi connectivity index (χ2v) is 6.67. The zero-order valence-electron chi connectivity index (χ0n) is 11.4. The van der Waals surface area contributed by atoms with Gasteiger partial charge in [-0.25, -0.2) is 0 Å². The fourth-order valence-corrected chi connectivity index (χ4v) is 3.48. The van der Waals surface area contributed by atoms with Crippen LogP contribution in [0.25, 0.3) is 0 Å². The minimum Gasteiger partial charge on any atom is -0.309 e. The standard InChI is InChI=1S/C14H24N2S/c1-5-12-9-15-14(3,4)10-16(12)11(2)13-7-6-8-17-13/h6-8,11-12,15H,5,9-10H2,1-4H3. The molecule has 0 saturated carbocycles. The number of piperazine rings is 1. The Morgan fingerprint density at radius 2 is 2.35 bits per heavy atom. The number of hydrogen-bond donors (Lipinski definition) is 1. The fraction of sp³-hybridized carbons (Fsp3) is 0.714. The third kappa shape index (κ3) is 2.90. The highest BCUT2D eigenvalue weighted by atomic mass is 32.1. The summed E-state index contributed by atoms with van der Waals surface area (Å²) in [4.78, 5) is 4.16. The molecule has 1 aliphatic heterocycles. The van der Waals surface area contributed by atoms with Gasteiger partial charge >= 0.3 is 0 Å². The Morgan fingerprint density at radius 1 is 1.59 bits per heavy atom. The molecule has 1 aliphatic rings. The van der Waals surface area contributed by atoms with E-state index in [-0.39, 0.29) is 5.54 Å². The van der Waals surface area contributed by atoms with Gasteiger partial charge in [0.05, 0.1) is 0 Å². The molecule has 0 radical (unpaired) electrons. The normalized spacial score (nSPS) is 26.9. The van der Waals surface area contributed by atoms with E-state index >= 15 is 0 Å². The van der Waals surface area contributed by atoms with Crippen LogP contribution in [0.5, 0.6) is 0 Å². The van der Waals surface area contributed by atoms with Crippen molar-refractivity contribution in [2.45, 2.75) is 51.7 Å². The van der Waals surface area contributed by atoms with Gasteiger partial charge in [0.25, 0.3) is 0 Å². The van der Waals surface area contributed by atoms with Gasteiger partial charge in [0.1, 0.15) is 0 Å². The summed E-state index contributed by atoms with van der Waals surface area (Å²) >= 11 is 1.88. The minimum atomic E-state index is 0.233. The van der Waals surface area contributed by atoms with Gasteiger partial charge in [-0.2, -0.15) is 0 Å². The van der Waals surface area contributed by atoms with Gasteiger partial charge < -0.3 is 5.32 Å². The van der Waals surface area contributed by atoms with Gasteiger partial charge in [0, 0.05) is 35.6 Å². The highest BCUT2D eigenvalue weighted by molar-refractivity contribution is 7.10. The SMILES string of the molecule is CCC1CNC(C)(C)CN1C(C)c1cccs1. The molecule has 1 aromatic rings. The van der Waals surface area contributed by atoms with Crippen LogP contribution in [0.1, 0.15) is 45.0 Å². The molecule has 1 N–H and O–H groups in total. The minimum absolute atomic E-state index is 0.233. The Bertz CT molecular complexity index is 345. The fourth-order valence-electron chi connectivity index (χ4n) is 2.68. The third-order valence-electron chi connectivity index (χ3n) is 3.79. The van der Waals surface area contributed by atoms with Crippen LogP contribution in [0.15, 0.2) is 17.5 Å². The number of thiophene rings is 1. The first kappa shape index (κ1) is 13.1. The summed E-state index contributed by atoms with van der Waals surface area (Å²) in [5.74, 6) is 0. The van der Waals surface area contributed by atoms with E-state index in [0.29, 0.717) is 12.1 Å². The molecule has 0 spiro atoms. The zero-order chi connectivity index (χ0) is 12.5. The third-order valence-corrected chi connectivity index (χ3v) is 4.83. The van der Waals surface area contributed by atoms with Gasteiger partial charge in [-0.05, 0) is 38.6 Å². The zero-order valence-corrected chi connectivity index (χ0v) is 12.2. The predicted octanol–water partition coefficient (Wildman–Crippen LogP) is 3.27. The lowest BCUT2D eigenvalue weighted by Gasteiger charge is -2.47. The van der Waals surface area contributed by atoms with Crippen LogP contribution in [0.4, 0.5) is 0 Å². The van der Waals surface area contributed by atoms with Crippen LogP contribution in [0, 0.1) is 0 Å². The van der Waals surface area contributed by atoms with E-state index in [4.69, 9.17) is 0 Å². The Balaban J connectivity index is 2.15. The molecule has 0 aliphatic carbocycles. The molecule has 2 unspecified atom stereocenters. The molecule has 2 nitrogen and oxygen atoms in total. The average molecular weight is 252 g/mol. The molecule has 1 saturated heterocycles. The summed E-state index contributed by atoms with van der Waals surface area (Å²) in [6.07, 6.45) is 1.22. The second-order valence-electron chi connectivity index (χ2n) is 5.69. The molecular formula is C14H24N2S. The molecule has 2 rings (SSSR count). The maximum atomic E-state index is 3.65. The molecule has 0 bridgehead atoms. The van der Waals surface area contributed by atoms with Crippen molar-refractivity contribution in [3.05, 3.63) is 22.4 Å². The van der Waals surface area contributed by atoms with E-state index in [1.165, 1.54) is 11.3 Å². The summed E-state index contributed by atoms with van der Waals surface area (Å²) in [5, 5.41) is 5.83. The highest BCUT2D eigenvalue weighted by Gasteiger charge is 2.34. The number of rotatable bonds is 3. The smallest absolute Gasteiger partial charge is 0.0417 e.